The Hall–Kier alpha value is -3.03. The Morgan fingerprint density at radius 2 is 1.97 bits per heavy atom. The number of Topliss-reactive ketones (excluding diaryl/α,β-unsaturated/α-hetero) is 1. The Balaban J connectivity index is 1.53. The molecule has 1 saturated heterocycles. The van der Waals surface area contributed by atoms with Gasteiger partial charge in [-0.3, -0.25) is 10.2 Å². The molecule has 0 amide bonds. The van der Waals surface area contributed by atoms with Crippen LogP contribution in [-0.4, -0.2) is 20.4 Å². The maximum atomic E-state index is 13.2. The molecule has 0 saturated carbocycles. The lowest BCUT2D eigenvalue weighted by Gasteiger charge is -2.05. The SMILES string of the molecule is N=C1S/C(=C\c2cn(Cc3ccc(F)cc3)c3ccccc23)C(=O)[C@H]1c1nccs1. The first-order valence-corrected chi connectivity index (χ1v) is 11.0. The van der Waals surface area contributed by atoms with Crippen molar-refractivity contribution in [2.45, 2.75) is 12.5 Å². The smallest absolute Gasteiger partial charge is 0.186 e. The molecule has 4 aromatic rings. The summed E-state index contributed by atoms with van der Waals surface area (Å²) < 4.78 is 15.3. The number of allylic oxidation sites excluding steroid dienone is 1. The van der Waals surface area contributed by atoms with Gasteiger partial charge in [0.25, 0.3) is 0 Å². The third kappa shape index (κ3) is 3.40. The van der Waals surface area contributed by atoms with Crippen LogP contribution in [0.15, 0.2) is 71.2 Å². The van der Waals surface area contributed by atoms with Crippen molar-refractivity contribution in [2.75, 3.05) is 0 Å². The van der Waals surface area contributed by atoms with E-state index in [4.69, 9.17) is 5.41 Å². The molecule has 1 aliphatic heterocycles. The summed E-state index contributed by atoms with van der Waals surface area (Å²) in [5.74, 6) is -0.917. The molecule has 148 valence electrons. The number of carbonyl (C=O) groups is 1. The van der Waals surface area contributed by atoms with Gasteiger partial charge in [-0.1, -0.05) is 42.1 Å². The Bertz CT molecular complexity index is 1290. The lowest BCUT2D eigenvalue weighted by atomic mass is 10.0. The van der Waals surface area contributed by atoms with Crippen molar-refractivity contribution in [2.24, 2.45) is 0 Å². The average molecular weight is 434 g/mol. The molecule has 2 aromatic heterocycles. The van der Waals surface area contributed by atoms with E-state index < -0.39 is 5.92 Å². The first-order chi connectivity index (χ1) is 14.6. The van der Waals surface area contributed by atoms with Gasteiger partial charge in [-0.05, 0) is 29.8 Å². The first-order valence-electron chi connectivity index (χ1n) is 9.34. The molecule has 4 nitrogen and oxygen atoms in total. The number of ketones is 1. The second-order valence-corrected chi connectivity index (χ2v) is 9.01. The van der Waals surface area contributed by atoms with E-state index in [1.54, 1.807) is 18.3 Å². The summed E-state index contributed by atoms with van der Waals surface area (Å²) in [6, 6.07) is 14.5. The van der Waals surface area contributed by atoms with Crippen LogP contribution in [0.2, 0.25) is 0 Å². The highest BCUT2D eigenvalue weighted by atomic mass is 32.2. The summed E-state index contributed by atoms with van der Waals surface area (Å²) >= 11 is 2.61. The fourth-order valence-corrected chi connectivity index (χ4v) is 5.44. The molecule has 0 radical (unpaired) electrons. The number of rotatable bonds is 4. The van der Waals surface area contributed by atoms with E-state index in [0.717, 1.165) is 22.0 Å². The number of benzene rings is 2. The Kier molecular flexibility index (Phi) is 4.84. The van der Waals surface area contributed by atoms with Crippen LogP contribution < -0.4 is 0 Å². The van der Waals surface area contributed by atoms with Crippen LogP contribution in [0, 0.1) is 11.2 Å². The summed E-state index contributed by atoms with van der Waals surface area (Å²) in [6.45, 7) is 0.600. The van der Waals surface area contributed by atoms with Gasteiger partial charge in [0.05, 0.1) is 9.95 Å². The topological polar surface area (TPSA) is 58.7 Å². The summed E-state index contributed by atoms with van der Waals surface area (Å²) in [5, 5.41) is 12.1. The van der Waals surface area contributed by atoms with Crippen molar-refractivity contribution in [3.63, 3.8) is 0 Å². The number of thioether (sulfide) groups is 1. The molecule has 0 bridgehead atoms. The predicted molar refractivity (Wildman–Crippen MR) is 121 cm³/mol. The highest BCUT2D eigenvalue weighted by molar-refractivity contribution is 8.19. The van der Waals surface area contributed by atoms with E-state index in [9.17, 15) is 9.18 Å². The first kappa shape index (κ1) is 19.0. The summed E-state index contributed by atoms with van der Waals surface area (Å²) in [5.41, 5.74) is 2.96. The lowest BCUT2D eigenvalue weighted by Crippen LogP contribution is -2.11. The maximum Gasteiger partial charge on any atom is 0.186 e. The van der Waals surface area contributed by atoms with Crippen LogP contribution in [0.25, 0.3) is 17.0 Å². The van der Waals surface area contributed by atoms with Crippen molar-refractivity contribution in [3.8, 4) is 0 Å². The lowest BCUT2D eigenvalue weighted by molar-refractivity contribution is -0.114. The van der Waals surface area contributed by atoms with Crippen molar-refractivity contribution >= 4 is 50.9 Å². The molecule has 30 heavy (non-hydrogen) atoms. The number of hydrogen-bond acceptors (Lipinski definition) is 5. The fraction of sp³-hybridized carbons (Fsp3) is 0.0870. The van der Waals surface area contributed by atoms with Gasteiger partial charge in [0.15, 0.2) is 5.78 Å². The van der Waals surface area contributed by atoms with Crippen LogP contribution in [0.4, 0.5) is 4.39 Å². The molecule has 1 atom stereocenters. The van der Waals surface area contributed by atoms with Gasteiger partial charge in [0, 0.05) is 40.8 Å². The molecule has 3 heterocycles. The normalized spacial score (nSPS) is 18.0. The average Bonchev–Trinajstić information content (AvgIpc) is 3.44. The van der Waals surface area contributed by atoms with Gasteiger partial charge in [0.2, 0.25) is 0 Å². The van der Waals surface area contributed by atoms with Crippen molar-refractivity contribution in [3.05, 3.63) is 93.2 Å². The minimum atomic E-state index is -0.589. The molecular formula is C23H16FN3OS2. The van der Waals surface area contributed by atoms with Gasteiger partial charge in [-0.25, -0.2) is 9.37 Å². The summed E-state index contributed by atoms with van der Waals surface area (Å²) in [7, 11) is 0. The van der Waals surface area contributed by atoms with E-state index >= 15 is 0 Å². The van der Waals surface area contributed by atoms with Gasteiger partial charge >= 0.3 is 0 Å². The Morgan fingerprint density at radius 3 is 2.73 bits per heavy atom. The van der Waals surface area contributed by atoms with E-state index in [0.29, 0.717) is 21.5 Å². The van der Waals surface area contributed by atoms with Crippen LogP contribution in [0.5, 0.6) is 0 Å². The van der Waals surface area contributed by atoms with E-state index in [1.165, 1.54) is 35.2 Å². The molecule has 1 fully saturated rings. The molecule has 0 unspecified atom stereocenters. The van der Waals surface area contributed by atoms with Crippen LogP contribution in [0.3, 0.4) is 0 Å². The zero-order valence-electron chi connectivity index (χ0n) is 15.7. The zero-order valence-corrected chi connectivity index (χ0v) is 17.3. The number of thiazole rings is 1. The third-order valence-corrected chi connectivity index (χ3v) is 6.89. The van der Waals surface area contributed by atoms with Gasteiger partial charge in [0.1, 0.15) is 16.7 Å². The van der Waals surface area contributed by atoms with E-state index in [-0.39, 0.29) is 11.6 Å². The highest BCUT2D eigenvalue weighted by Crippen LogP contribution is 2.41. The molecule has 1 aliphatic rings. The zero-order chi connectivity index (χ0) is 20.7. The largest absolute Gasteiger partial charge is 0.342 e. The van der Waals surface area contributed by atoms with Gasteiger partial charge in [-0.2, -0.15) is 0 Å². The number of fused-ring (bicyclic) bond motifs is 1. The second-order valence-electron chi connectivity index (χ2n) is 7.00. The van der Waals surface area contributed by atoms with Crippen molar-refractivity contribution < 1.29 is 9.18 Å². The quantitative estimate of drug-likeness (QED) is 0.420. The number of nitrogens with zero attached hydrogens (tertiary/aromatic N) is 2. The van der Waals surface area contributed by atoms with Crippen LogP contribution in [0.1, 0.15) is 22.1 Å². The van der Waals surface area contributed by atoms with E-state index in [1.807, 2.05) is 41.9 Å². The van der Waals surface area contributed by atoms with E-state index in [2.05, 4.69) is 9.55 Å². The highest BCUT2D eigenvalue weighted by Gasteiger charge is 2.38. The number of carbonyl (C=O) groups excluding carboxylic acids is 1. The minimum Gasteiger partial charge on any atom is -0.342 e. The van der Waals surface area contributed by atoms with Gasteiger partial charge in [-0.15, -0.1) is 11.3 Å². The summed E-state index contributed by atoms with van der Waals surface area (Å²) in [4.78, 5) is 17.8. The van der Waals surface area contributed by atoms with Crippen LogP contribution in [-0.2, 0) is 11.3 Å². The number of halogens is 1. The number of hydrogen-bond donors (Lipinski definition) is 1. The predicted octanol–water partition coefficient (Wildman–Crippen LogP) is 5.70. The molecule has 0 spiro atoms. The van der Waals surface area contributed by atoms with Crippen molar-refractivity contribution in [1.82, 2.24) is 9.55 Å². The maximum absolute atomic E-state index is 13.2. The third-order valence-electron chi connectivity index (χ3n) is 5.06. The minimum absolute atomic E-state index is 0.0738. The number of para-hydroxylation sites is 1. The number of aromatic nitrogens is 2. The molecule has 0 aliphatic carbocycles. The standard InChI is InChI=1S/C23H16FN3OS2/c24-16-7-5-14(6-8-16)12-27-13-15(17-3-1-2-4-18(17)27)11-19-21(28)20(22(25)30-19)23-26-9-10-29-23/h1-11,13,20,25H,12H2/b19-11-,25-22?/t20-/m1/s1. The molecule has 7 heteroatoms. The van der Waals surface area contributed by atoms with Gasteiger partial charge < -0.3 is 4.57 Å². The van der Waals surface area contributed by atoms with Crippen LogP contribution >= 0.6 is 23.1 Å². The molecular weight excluding hydrogens is 417 g/mol. The summed E-state index contributed by atoms with van der Waals surface area (Å²) in [6.07, 6.45) is 5.55. The second kappa shape index (κ2) is 7.66. The fourth-order valence-electron chi connectivity index (χ4n) is 3.64. The Morgan fingerprint density at radius 1 is 1.17 bits per heavy atom. The molecule has 2 aromatic carbocycles. The Labute approximate surface area is 180 Å². The van der Waals surface area contributed by atoms with Crippen molar-refractivity contribution in [1.29, 1.82) is 5.41 Å². The number of nitrogens with one attached hydrogen (secondary N) is 1. The molecule has 1 N–H and O–H groups in total. The molecule has 5 rings (SSSR count). The monoisotopic (exact) mass is 433 g/mol.